The zero-order valence-electron chi connectivity index (χ0n) is 16.5. The number of carbonyl (C=O) groups is 1. The SMILES string of the molecule is COc1ccc(N(CC(=O)Nc2ccc(F)cc2)S(=O)(=O)c2ccc(C)cc2)cc1. The summed E-state index contributed by atoms with van der Waals surface area (Å²) in [5, 5.41) is 2.59. The standard InChI is InChI=1S/C22H21FN2O4S/c1-16-3-13-21(14-4-16)30(27,28)25(19-9-11-20(29-2)12-10-19)15-22(26)24-18-7-5-17(23)6-8-18/h3-14H,15H2,1-2H3,(H,24,26). The van der Waals surface area contributed by atoms with Crippen LogP contribution in [-0.2, 0) is 14.8 Å². The Morgan fingerprint density at radius 1 is 0.967 bits per heavy atom. The van der Waals surface area contributed by atoms with Gasteiger partial charge in [-0.05, 0) is 67.6 Å². The Hall–Kier alpha value is -3.39. The van der Waals surface area contributed by atoms with Crippen LogP contribution in [0, 0.1) is 12.7 Å². The zero-order valence-corrected chi connectivity index (χ0v) is 17.3. The molecule has 3 aromatic carbocycles. The molecular weight excluding hydrogens is 407 g/mol. The molecule has 0 unspecified atom stereocenters. The van der Waals surface area contributed by atoms with Crippen molar-refractivity contribution in [3.8, 4) is 5.75 Å². The molecule has 1 N–H and O–H groups in total. The highest BCUT2D eigenvalue weighted by Crippen LogP contribution is 2.26. The van der Waals surface area contributed by atoms with Gasteiger partial charge in [-0.1, -0.05) is 17.7 Å². The van der Waals surface area contributed by atoms with Crippen molar-refractivity contribution in [2.24, 2.45) is 0 Å². The van der Waals surface area contributed by atoms with Crippen molar-refractivity contribution in [3.05, 3.63) is 84.2 Å². The van der Waals surface area contributed by atoms with Crippen LogP contribution >= 0.6 is 0 Å². The van der Waals surface area contributed by atoms with Gasteiger partial charge in [0.1, 0.15) is 18.1 Å². The van der Waals surface area contributed by atoms with Gasteiger partial charge in [-0.3, -0.25) is 9.10 Å². The van der Waals surface area contributed by atoms with E-state index in [0.29, 0.717) is 17.1 Å². The minimum absolute atomic E-state index is 0.0681. The fourth-order valence-electron chi connectivity index (χ4n) is 2.77. The monoisotopic (exact) mass is 428 g/mol. The molecule has 8 heteroatoms. The van der Waals surface area contributed by atoms with Crippen molar-refractivity contribution < 1.29 is 22.3 Å². The average Bonchev–Trinajstić information content (AvgIpc) is 2.74. The molecule has 0 aliphatic carbocycles. The van der Waals surface area contributed by atoms with Crippen LogP contribution < -0.4 is 14.4 Å². The molecule has 0 fully saturated rings. The van der Waals surface area contributed by atoms with Gasteiger partial charge in [0.15, 0.2) is 0 Å². The molecular formula is C22H21FN2O4S. The molecule has 1 amide bonds. The highest BCUT2D eigenvalue weighted by molar-refractivity contribution is 7.92. The van der Waals surface area contributed by atoms with Crippen LogP contribution in [-0.4, -0.2) is 28.0 Å². The van der Waals surface area contributed by atoms with Gasteiger partial charge in [-0.15, -0.1) is 0 Å². The van der Waals surface area contributed by atoms with Gasteiger partial charge in [0.05, 0.1) is 17.7 Å². The van der Waals surface area contributed by atoms with Gasteiger partial charge < -0.3 is 10.1 Å². The first-order valence-electron chi connectivity index (χ1n) is 9.08. The number of hydrogen-bond donors (Lipinski definition) is 1. The number of nitrogens with zero attached hydrogens (tertiary/aromatic N) is 1. The number of anilines is 2. The summed E-state index contributed by atoms with van der Waals surface area (Å²) in [5.74, 6) is -0.440. The second-order valence-electron chi connectivity index (χ2n) is 6.58. The first kappa shape index (κ1) is 21.3. The summed E-state index contributed by atoms with van der Waals surface area (Å²) in [7, 11) is -2.51. The van der Waals surface area contributed by atoms with Gasteiger partial charge in [0.2, 0.25) is 5.91 Å². The number of methoxy groups -OCH3 is 1. The van der Waals surface area contributed by atoms with E-state index in [4.69, 9.17) is 4.74 Å². The third kappa shape index (κ3) is 4.96. The Morgan fingerprint density at radius 3 is 2.13 bits per heavy atom. The summed E-state index contributed by atoms with van der Waals surface area (Å²) in [6.45, 7) is 1.40. The van der Waals surface area contributed by atoms with Gasteiger partial charge in [0.25, 0.3) is 10.0 Å². The van der Waals surface area contributed by atoms with Crippen molar-refractivity contribution in [1.29, 1.82) is 0 Å². The summed E-state index contributed by atoms with van der Waals surface area (Å²) < 4.78 is 45.8. The molecule has 0 saturated carbocycles. The van der Waals surface area contributed by atoms with Gasteiger partial charge in [-0.25, -0.2) is 12.8 Å². The number of aryl methyl sites for hydroxylation is 1. The number of ether oxygens (including phenoxy) is 1. The lowest BCUT2D eigenvalue weighted by atomic mass is 10.2. The number of sulfonamides is 1. The molecule has 0 radical (unpaired) electrons. The van der Waals surface area contributed by atoms with Crippen LogP contribution in [0.5, 0.6) is 5.75 Å². The summed E-state index contributed by atoms with van der Waals surface area (Å²) in [6, 6.07) is 18.0. The zero-order chi connectivity index (χ0) is 21.7. The topological polar surface area (TPSA) is 75.7 Å². The third-order valence-corrected chi connectivity index (χ3v) is 6.17. The number of hydrogen-bond acceptors (Lipinski definition) is 4. The van der Waals surface area contributed by atoms with Crippen molar-refractivity contribution >= 4 is 27.3 Å². The third-order valence-electron chi connectivity index (χ3n) is 4.38. The van der Waals surface area contributed by atoms with E-state index >= 15 is 0 Å². The van der Waals surface area contributed by atoms with Gasteiger partial charge >= 0.3 is 0 Å². The number of halogens is 1. The molecule has 3 aromatic rings. The lowest BCUT2D eigenvalue weighted by Gasteiger charge is -2.24. The summed E-state index contributed by atoms with van der Waals surface area (Å²) >= 11 is 0. The summed E-state index contributed by atoms with van der Waals surface area (Å²) in [6.07, 6.45) is 0. The van der Waals surface area contributed by atoms with E-state index in [-0.39, 0.29) is 4.90 Å². The molecule has 6 nitrogen and oxygen atoms in total. The Balaban J connectivity index is 1.93. The molecule has 0 heterocycles. The molecule has 156 valence electrons. The highest BCUT2D eigenvalue weighted by atomic mass is 32.2. The Kier molecular flexibility index (Phi) is 6.37. The summed E-state index contributed by atoms with van der Waals surface area (Å²) in [5.41, 5.74) is 1.59. The lowest BCUT2D eigenvalue weighted by molar-refractivity contribution is -0.114. The molecule has 3 rings (SSSR count). The molecule has 0 aliphatic heterocycles. The minimum Gasteiger partial charge on any atom is -0.497 e. The van der Waals surface area contributed by atoms with E-state index < -0.39 is 28.3 Å². The van der Waals surface area contributed by atoms with Crippen molar-refractivity contribution in [1.82, 2.24) is 0 Å². The fourth-order valence-corrected chi connectivity index (χ4v) is 4.19. The van der Waals surface area contributed by atoms with E-state index in [0.717, 1.165) is 9.87 Å². The van der Waals surface area contributed by atoms with E-state index in [1.165, 1.54) is 43.5 Å². The molecule has 0 aromatic heterocycles. The van der Waals surface area contributed by atoms with Gasteiger partial charge in [-0.2, -0.15) is 0 Å². The number of carbonyl (C=O) groups excluding carboxylic acids is 1. The van der Waals surface area contributed by atoms with E-state index in [1.54, 1.807) is 36.4 Å². The number of benzene rings is 3. The van der Waals surface area contributed by atoms with Crippen LogP contribution in [0.25, 0.3) is 0 Å². The van der Waals surface area contributed by atoms with Crippen LogP contribution in [0.15, 0.2) is 77.7 Å². The average molecular weight is 428 g/mol. The van der Waals surface area contributed by atoms with E-state index in [1.807, 2.05) is 6.92 Å². The maximum absolute atomic E-state index is 13.3. The predicted molar refractivity (Wildman–Crippen MR) is 114 cm³/mol. The fraction of sp³-hybridized carbons (Fsp3) is 0.136. The minimum atomic E-state index is -4.01. The van der Waals surface area contributed by atoms with Crippen molar-refractivity contribution in [2.45, 2.75) is 11.8 Å². The molecule has 0 saturated heterocycles. The van der Waals surface area contributed by atoms with Crippen LogP contribution in [0.3, 0.4) is 0 Å². The van der Waals surface area contributed by atoms with Gasteiger partial charge in [0, 0.05) is 5.69 Å². The normalized spacial score (nSPS) is 11.0. The quantitative estimate of drug-likeness (QED) is 0.618. The maximum atomic E-state index is 13.3. The van der Waals surface area contributed by atoms with Crippen LogP contribution in [0.2, 0.25) is 0 Å². The molecule has 0 aliphatic rings. The lowest BCUT2D eigenvalue weighted by Crippen LogP contribution is -2.38. The Labute approximate surface area is 175 Å². The van der Waals surface area contributed by atoms with E-state index in [2.05, 4.69) is 5.32 Å². The van der Waals surface area contributed by atoms with Crippen molar-refractivity contribution in [3.63, 3.8) is 0 Å². The predicted octanol–water partition coefficient (Wildman–Crippen LogP) is 3.98. The molecule has 0 atom stereocenters. The highest BCUT2D eigenvalue weighted by Gasteiger charge is 2.27. The molecule has 0 spiro atoms. The Bertz CT molecular complexity index is 1110. The first-order chi connectivity index (χ1) is 14.3. The Morgan fingerprint density at radius 2 is 1.57 bits per heavy atom. The van der Waals surface area contributed by atoms with Crippen LogP contribution in [0.4, 0.5) is 15.8 Å². The smallest absolute Gasteiger partial charge is 0.264 e. The number of nitrogens with one attached hydrogen (secondary N) is 1. The molecule has 0 bridgehead atoms. The number of rotatable bonds is 7. The first-order valence-corrected chi connectivity index (χ1v) is 10.5. The second kappa shape index (κ2) is 8.96. The molecule has 30 heavy (non-hydrogen) atoms. The maximum Gasteiger partial charge on any atom is 0.264 e. The van der Waals surface area contributed by atoms with Crippen molar-refractivity contribution in [2.75, 3.05) is 23.3 Å². The van der Waals surface area contributed by atoms with E-state index in [9.17, 15) is 17.6 Å². The number of amides is 1. The van der Waals surface area contributed by atoms with Crippen LogP contribution in [0.1, 0.15) is 5.56 Å². The summed E-state index contributed by atoms with van der Waals surface area (Å²) in [4.78, 5) is 12.7. The largest absolute Gasteiger partial charge is 0.497 e. The second-order valence-corrected chi connectivity index (χ2v) is 8.44.